The Morgan fingerprint density at radius 3 is 1.39 bits per heavy atom. The highest BCUT2D eigenvalue weighted by molar-refractivity contribution is 7.47. The van der Waals surface area contributed by atoms with Crippen LogP contribution in [0, 0.1) is 0 Å². The second kappa shape index (κ2) is 53.0. The summed E-state index contributed by atoms with van der Waals surface area (Å²) in [6, 6.07) is 0. The molecule has 416 valence electrons. The first-order valence-electron chi connectivity index (χ1n) is 27.7. The van der Waals surface area contributed by atoms with E-state index in [1.807, 2.05) is 0 Å². The maximum absolute atomic E-state index is 12.8. The molecule has 0 bridgehead atoms. The van der Waals surface area contributed by atoms with E-state index in [-0.39, 0.29) is 52.0 Å². The predicted molar refractivity (Wildman–Crippen MR) is 284 cm³/mol. The number of phosphoric acid groups is 1. The average Bonchev–Trinajstić information content (AvgIpc) is 3.35. The summed E-state index contributed by atoms with van der Waals surface area (Å²) < 4.78 is 38.4. The normalized spacial score (nSPS) is 12.6. The zero-order valence-corrected chi connectivity index (χ0v) is 46.1. The number of nitrogens with one attached hydrogen (secondary N) is 2. The summed E-state index contributed by atoms with van der Waals surface area (Å²) in [6.07, 6.45) is 36.4. The SMILES string of the molecule is CCCCCCCC/C=C\CCCCCCCC(=O)OC[C@H](COP(=O)(O)OCCNC(=O)OCCNC(=O)CCC(=O)O)OC(=O)CCCCCCC/C=C\CCCCCCCC.CCN(CC)CC. The first kappa shape index (κ1) is 69.8. The first-order chi connectivity index (χ1) is 34.3. The fourth-order valence-electron chi connectivity index (χ4n) is 7.19. The molecule has 0 spiro atoms. The number of alkyl carbamates (subject to hydrolysis) is 1. The molecule has 0 saturated heterocycles. The molecule has 1 unspecified atom stereocenters. The minimum Gasteiger partial charge on any atom is -0.481 e. The third-order valence-electron chi connectivity index (χ3n) is 11.6. The van der Waals surface area contributed by atoms with Gasteiger partial charge < -0.3 is 39.7 Å². The lowest BCUT2D eigenvalue weighted by Crippen LogP contribution is -2.32. The van der Waals surface area contributed by atoms with E-state index in [4.69, 9.17) is 28.4 Å². The van der Waals surface area contributed by atoms with Crippen LogP contribution in [0.5, 0.6) is 0 Å². The molecule has 0 aromatic heterocycles. The van der Waals surface area contributed by atoms with Crippen molar-refractivity contribution in [1.82, 2.24) is 15.5 Å². The quantitative estimate of drug-likeness (QED) is 0.0147. The predicted octanol–water partition coefficient (Wildman–Crippen LogP) is 12.7. The summed E-state index contributed by atoms with van der Waals surface area (Å²) in [5.41, 5.74) is 0. The van der Waals surface area contributed by atoms with Gasteiger partial charge in [-0.15, -0.1) is 0 Å². The van der Waals surface area contributed by atoms with Crippen molar-refractivity contribution in [2.24, 2.45) is 0 Å². The van der Waals surface area contributed by atoms with Crippen LogP contribution in [0.1, 0.15) is 227 Å². The van der Waals surface area contributed by atoms with Crippen molar-refractivity contribution in [3.05, 3.63) is 24.3 Å². The maximum Gasteiger partial charge on any atom is 0.472 e. The van der Waals surface area contributed by atoms with Crippen molar-refractivity contribution in [1.29, 1.82) is 0 Å². The monoisotopic (exact) mass is 1030 g/mol. The van der Waals surface area contributed by atoms with E-state index in [0.717, 1.165) is 77.0 Å². The second-order valence-electron chi connectivity index (χ2n) is 18.0. The van der Waals surface area contributed by atoms with Crippen LogP contribution in [-0.2, 0) is 47.0 Å². The molecule has 0 heterocycles. The Kier molecular flexibility index (Phi) is 52.1. The highest BCUT2D eigenvalue weighted by atomic mass is 31.2. The van der Waals surface area contributed by atoms with E-state index in [1.165, 1.54) is 96.7 Å². The topological polar surface area (TPSA) is 216 Å². The molecule has 4 N–H and O–H groups in total. The molecule has 0 fully saturated rings. The summed E-state index contributed by atoms with van der Waals surface area (Å²) >= 11 is 0. The van der Waals surface area contributed by atoms with Crippen molar-refractivity contribution in [2.45, 2.75) is 233 Å². The van der Waals surface area contributed by atoms with E-state index < -0.39 is 57.0 Å². The number of carbonyl (C=O) groups excluding carboxylic acids is 4. The smallest absolute Gasteiger partial charge is 0.472 e. The number of esters is 2. The van der Waals surface area contributed by atoms with Crippen LogP contribution in [0.3, 0.4) is 0 Å². The molecule has 2 amide bonds. The van der Waals surface area contributed by atoms with Crippen LogP contribution in [0.2, 0.25) is 0 Å². The Bertz CT molecular complexity index is 1390. The third-order valence-corrected chi connectivity index (χ3v) is 12.6. The molecule has 0 rings (SSSR count). The molecule has 0 aromatic rings. The average molecular weight is 1030 g/mol. The van der Waals surface area contributed by atoms with Gasteiger partial charge >= 0.3 is 31.8 Å². The van der Waals surface area contributed by atoms with Gasteiger partial charge in [-0.05, 0) is 83.8 Å². The summed E-state index contributed by atoms with van der Waals surface area (Å²) in [6.45, 7) is 12.8. The number of ether oxygens (including phenoxy) is 3. The lowest BCUT2D eigenvalue weighted by atomic mass is 10.1. The molecule has 2 atom stereocenters. The van der Waals surface area contributed by atoms with Crippen molar-refractivity contribution < 1.29 is 61.8 Å². The van der Waals surface area contributed by atoms with Crippen molar-refractivity contribution in [3.8, 4) is 0 Å². The number of unbranched alkanes of at least 4 members (excludes halogenated alkanes) is 22. The molecular formula is C54H102N3O13P. The molecule has 0 aliphatic carbocycles. The van der Waals surface area contributed by atoms with Crippen molar-refractivity contribution in [3.63, 3.8) is 0 Å². The Morgan fingerprint density at radius 1 is 0.507 bits per heavy atom. The highest BCUT2D eigenvalue weighted by Gasteiger charge is 2.26. The van der Waals surface area contributed by atoms with Crippen LogP contribution in [-0.4, -0.2) is 110 Å². The van der Waals surface area contributed by atoms with Gasteiger partial charge in [-0.2, -0.15) is 0 Å². The molecule has 0 saturated carbocycles. The molecule has 0 aliphatic heterocycles. The van der Waals surface area contributed by atoms with Gasteiger partial charge in [0.25, 0.3) is 0 Å². The summed E-state index contributed by atoms with van der Waals surface area (Å²) in [5.74, 6) is -2.59. The van der Waals surface area contributed by atoms with Crippen LogP contribution in [0.4, 0.5) is 4.79 Å². The van der Waals surface area contributed by atoms with Gasteiger partial charge in [0, 0.05) is 25.8 Å². The minimum atomic E-state index is -4.67. The molecule has 0 radical (unpaired) electrons. The van der Waals surface area contributed by atoms with E-state index in [9.17, 15) is 33.4 Å². The van der Waals surface area contributed by atoms with E-state index in [2.05, 4.69) is 74.5 Å². The van der Waals surface area contributed by atoms with E-state index >= 15 is 0 Å². The number of rotatable bonds is 49. The number of amides is 2. The van der Waals surface area contributed by atoms with Gasteiger partial charge in [0.2, 0.25) is 5.91 Å². The number of carboxylic acids is 1. The Morgan fingerprint density at radius 2 is 0.944 bits per heavy atom. The number of allylic oxidation sites excluding steroid dienone is 4. The Labute approximate surface area is 430 Å². The van der Waals surface area contributed by atoms with Gasteiger partial charge in [0.15, 0.2) is 6.10 Å². The largest absolute Gasteiger partial charge is 0.481 e. The minimum absolute atomic E-state index is 0.0295. The molecule has 17 heteroatoms. The van der Waals surface area contributed by atoms with Gasteiger partial charge in [-0.3, -0.25) is 28.2 Å². The lowest BCUT2D eigenvalue weighted by molar-refractivity contribution is -0.161. The standard InChI is InChI=1S/C48H87N2O13P.C6H15N/c1-3-5-7-9-11-13-15-17-19-21-23-25-27-29-31-33-46(54)60-41-43(63-47(55)34-32-30-28-26-24-22-20-18-16-14-12-10-8-6-4-2)42-62-64(57,58)61-40-38-50-48(56)59-39-37-49-44(51)35-36-45(52)53;1-4-7(5-2)6-3/h17-20,43H,3-16,21-42H2,1-2H3,(H,49,51)(H,50,56)(H,52,53)(H,57,58);4-6H2,1-3H3/b19-17-,20-18-;/t43-;/m1./s1. The number of phosphoric ester groups is 1. The van der Waals surface area contributed by atoms with Crippen molar-refractivity contribution >= 4 is 37.7 Å². The summed E-state index contributed by atoms with van der Waals surface area (Å²) in [7, 11) is -4.67. The molecule has 16 nitrogen and oxygen atoms in total. The number of carboxylic acid groups (broad SMARTS) is 1. The zero-order valence-electron chi connectivity index (χ0n) is 45.2. The highest BCUT2D eigenvalue weighted by Crippen LogP contribution is 2.43. The van der Waals surface area contributed by atoms with E-state index in [0.29, 0.717) is 12.8 Å². The lowest BCUT2D eigenvalue weighted by Gasteiger charge is -2.20. The van der Waals surface area contributed by atoms with Crippen LogP contribution < -0.4 is 10.6 Å². The Hall–Kier alpha value is -3.30. The second-order valence-corrected chi connectivity index (χ2v) is 19.4. The van der Waals surface area contributed by atoms with Gasteiger partial charge in [-0.1, -0.05) is 162 Å². The third kappa shape index (κ3) is 54.3. The van der Waals surface area contributed by atoms with Crippen LogP contribution in [0.25, 0.3) is 0 Å². The van der Waals surface area contributed by atoms with Gasteiger partial charge in [-0.25, -0.2) is 9.36 Å². The van der Waals surface area contributed by atoms with Crippen LogP contribution >= 0.6 is 7.82 Å². The van der Waals surface area contributed by atoms with E-state index in [1.54, 1.807) is 0 Å². The number of hydrogen-bond donors (Lipinski definition) is 4. The number of carbonyl (C=O) groups is 5. The fraction of sp³-hybridized carbons (Fsp3) is 0.833. The number of aliphatic carboxylic acids is 1. The molecular weight excluding hydrogens is 930 g/mol. The maximum atomic E-state index is 12.8. The van der Waals surface area contributed by atoms with Gasteiger partial charge in [0.1, 0.15) is 13.2 Å². The molecule has 0 aliphatic rings. The molecule has 0 aromatic carbocycles. The first-order valence-corrected chi connectivity index (χ1v) is 29.2. The van der Waals surface area contributed by atoms with Gasteiger partial charge in [0.05, 0.1) is 26.2 Å². The molecule has 71 heavy (non-hydrogen) atoms. The van der Waals surface area contributed by atoms with Crippen molar-refractivity contribution in [2.75, 3.05) is 59.2 Å². The number of nitrogens with zero attached hydrogens (tertiary/aromatic N) is 1. The summed E-state index contributed by atoms with van der Waals surface area (Å²) in [5, 5.41) is 13.3. The fourth-order valence-corrected chi connectivity index (χ4v) is 7.94. The summed E-state index contributed by atoms with van der Waals surface area (Å²) in [4.78, 5) is 71.8. The Balaban J connectivity index is 0. The van der Waals surface area contributed by atoms with Crippen LogP contribution in [0.15, 0.2) is 24.3 Å². The number of hydrogen-bond acceptors (Lipinski definition) is 12. The zero-order chi connectivity index (χ0) is 52.9.